The molecule has 5 aliphatic rings. The summed E-state index contributed by atoms with van der Waals surface area (Å²) in [7, 11) is 0. The van der Waals surface area contributed by atoms with E-state index in [-0.39, 0.29) is 29.4 Å². The Kier molecular flexibility index (Phi) is 8.71. The van der Waals surface area contributed by atoms with Crippen LogP contribution in [-0.2, 0) is 19.2 Å². The van der Waals surface area contributed by atoms with E-state index in [4.69, 9.17) is 9.57 Å². The molecule has 1 heterocycles. The average Bonchev–Trinajstić information content (AvgIpc) is 3.47. The number of nitrogens with one attached hydrogen (secondary N) is 1. The number of hydrogen-bond acceptors (Lipinski definition) is 7. The second kappa shape index (κ2) is 11.8. The highest BCUT2D eigenvalue weighted by molar-refractivity contribution is 5.91. The van der Waals surface area contributed by atoms with Crippen LogP contribution < -0.4 is 5.32 Å². The van der Waals surface area contributed by atoms with Crippen molar-refractivity contribution < 1.29 is 24.0 Å². The predicted octanol–water partition coefficient (Wildman–Crippen LogP) is 5.90. The van der Waals surface area contributed by atoms with Gasteiger partial charge in [-0.05, 0) is 105 Å². The lowest BCUT2D eigenvalue weighted by molar-refractivity contribution is -0.129. The zero-order chi connectivity index (χ0) is 29.4. The zero-order valence-corrected chi connectivity index (χ0v) is 25.9. The van der Waals surface area contributed by atoms with Crippen molar-refractivity contribution in [2.45, 2.75) is 105 Å². The molecule has 0 bridgehead atoms. The fourth-order valence-corrected chi connectivity index (χ4v) is 9.73. The first-order chi connectivity index (χ1) is 19.5. The van der Waals surface area contributed by atoms with E-state index < -0.39 is 6.09 Å². The summed E-state index contributed by atoms with van der Waals surface area (Å²) in [4.78, 5) is 43.2. The van der Waals surface area contributed by atoms with Crippen LogP contribution in [0.4, 0.5) is 4.79 Å². The number of hydrogen-bond donors (Lipinski definition) is 1. The molecule has 3 saturated carbocycles. The first-order valence-electron chi connectivity index (χ1n) is 16.0. The van der Waals surface area contributed by atoms with E-state index in [0.717, 1.165) is 50.8 Å². The van der Waals surface area contributed by atoms with E-state index in [1.54, 1.807) is 4.90 Å². The van der Waals surface area contributed by atoms with Crippen molar-refractivity contribution in [1.29, 1.82) is 0 Å². The van der Waals surface area contributed by atoms with Crippen LogP contribution in [0.5, 0.6) is 0 Å². The average molecular weight is 570 g/mol. The Balaban J connectivity index is 1.22. The lowest BCUT2D eigenvalue weighted by Gasteiger charge is -2.58. The molecule has 1 saturated heterocycles. The number of fused-ring (bicyclic) bond motifs is 5. The molecule has 1 unspecified atom stereocenters. The van der Waals surface area contributed by atoms with E-state index in [0.29, 0.717) is 54.9 Å². The van der Waals surface area contributed by atoms with Crippen LogP contribution in [0.25, 0.3) is 0 Å². The van der Waals surface area contributed by atoms with Crippen LogP contribution in [0.1, 0.15) is 98.8 Å². The van der Waals surface area contributed by atoms with E-state index in [2.05, 4.69) is 38.2 Å². The molecule has 8 heteroatoms. The van der Waals surface area contributed by atoms with Crippen LogP contribution in [0.2, 0.25) is 0 Å². The molecule has 1 N–H and O–H groups in total. The van der Waals surface area contributed by atoms with Gasteiger partial charge in [0.15, 0.2) is 5.78 Å². The smallest absolute Gasteiger partial charge is 0.436 e. The third-order valence-electron chi connectivity index (χ3n) is 12.0. The first-order valence-corrected chi connectivity index (χ1v) is 16.0. The van der Waals surface area contributed by atoms with Gasteiger partial charge in [-0.3, -0.25) is 14.4 Å². The Labute approximate surface area is 246 Å². The van der Waals surface area contributed by atoms with Crippen LogP contribution >= 0.6 is 0 Å². The minimum atomic E-state index is -0.481. The molecule has 0 radical (unpaired) electrons. The van der Waals surface area contributed by atoms with Gasteiger partial charge in [-0.1, -0.05) is 38.4 Å². The highest BCUT2D eigenvalue weighted by Gasteiger charge is 2.59. The van der Waals surface area contributed by atoms with Gasteiger partial charge in [0.25, 0.3) is 6.47 Å². The Bertz CT molecular complexity index is 1080. The molecule has 0 spiro atoms. The molecular formula is C33H51N3O5. The van der Waals surface area contributed by atoms with Crippen molar-refractivity contribution in [3.8, 4) is 0 Å². The maximum Gasteiger partial charge on any atom is 0.436 e. The summed E-state index contributed by atoms with van der Waals surface area (Å²) < 4.78 is 4.89. The van der Waals surface area contributed by atoms with Crippen molar-refractivity contribution in [1.82, 2.24) is 10.2 Å². The van der Waals surface area contributed by atoms with Gasteiger partial charge in [0.1, 0.15) is 6.61 Å². The van der Waals surface area contributed by atoms with Crippen molar-refractivity contribution in [2.24, 2.45) is 45.1 Å². The van der Waals surface area contributed by atoms with Gasteiger partial charge in [-0.25, -0.2) is 4.79 Å². The number of ketones is 1. The fourth-order valence-electron chi connectivity index (χ4n) is 9.73. The Morgan fingerprint density at radius 3 is 2.63 bits per heavy atom. The van der Waals surface area contributed by atoms with Gasteiger partial charge in [0.2, 0.25) is 0 Å². The van der Waals surface area contributed by atoms with Gasteiger partial charge in [-0.15, -0.1) is 0 Å². The van der Waals surface area contributed by atoms with Crippen molar-refractivity contribution in [2.75, 3.05) is 26.2 Å². The van der Waals surface area contributed by atoms with Crippen molar-refractivity contribution in [3.05, 3.63) is 11.6 Å². The molecule has 1 amide bonds. The van der Waals surface area contributed by atoms with Gasteiger partial charge >= 0.3 is 6.09 Å². The summed E-state index contributed by atoms with van der Waals surface area (Å²) in [6, 6.07) is 0.353. The summed E-state index contributed by atoms with van der Waals surface area (Å²) in [5.41, 5.74) is 2.91. The number of carbonyl (C=O) groups is 3. The third-order valence-corrected chi connectivity index (χ3v) is 12.0. The molecule has 5 rings (SSSR count). The number of nitrogens with zero attached hydrogens (tertiary/aromatic N) is 2. The minimum Gasteiger partial charge on any atom is -0.466 e. The molecule has 0 aromatic heterocycles. The number of amides is 1. The molecule has 0 aromatic rings. The van der Waals surface area contributed by atoms with E-state index in [1.165, 1.54) is 24.8 Å². The largest absolute Gasteiger partial charge is 0.466 e. The molecule has 8 nitrogen and oxygen atoms in total. The summed E-state index contributed by atoms with van der Waals surface area (Å²) in [6.45, 7) is 13.7. The van der Waals surface area contributed by atoms with E-state index >= 15 is 0 Å². The Morgan fingerprint density at radius 2 is 1.90 bits per heavy atom. The number of carbonyl (C=O) groups excluding carboxylic acids is 3. The minimum absolute atomic E-state index is 0.139. The van der Waals surface area contributed by atoms with Gasteiger partial charge in [0.05, 0.1) is 12.3 Å². The van der Waals surface area contributed by atoms with Crippen molar-refractivity contribution in [3.63, 3.8) is 0 Å². The Morgan fingerprint density at radius 1 is 1.10 bits per heavy atom. The van der Waals surface area contributed by atoms with Crippen LogP contribution in [0.3, 0.4) is 0 Å². The molecule has 1 aliphatic heterocycles. The molecule has 4 fully saturated rings. The molecule has 228 valence electrons. The fraction of sp³-hybridized carbons (Fsp3) is 0.818. The van der Waals surface area contributed by atoms with E-state index in [9.17, 15) is 14.4 Å². The lowest BCUT2D eigenvalue weighted by Crippen LogP contribution is -2.51. The topological polar surface area (TPSA) is 97.3 Å². The number of rotatable bonds is 9. The second-order valence-electron chi connectivity index (χ2n) is 14.9. The first kappa shape index (κ1) is 30.2. The maximum atomic E-state index is 13.1. The SMILES string of the molecule is C/C(=N\OC(=O)N(CCOC=O)CCC1CC(C)(C)CN1)[C@H]1CC[C@H]2[C@@H]3CCC4=CC(=O)CC[C@]4(C)[C@H]3CC[C@]12C. The second-order valence-corrected chi connectivity index (χ2v) is 14.9. The molecule has 7 atom stereocenters. The summed E-state index contributed by atoms with van der Waals surface area (Å²) in [5.74, 6) is 2.60. The number of allylic oxidation sites excluding steroid dienone is 1. The predicted molar refractivity (Wildman–Crippen MR) is 158 cm³/mol. The van der Waals surface area contributed by atoms with Crippen molar-refractivity contribution >= 4 is 24.1 Å². The quantitative estimate of drug-likeness (QED) is 0.122. The standard InChI is InChI=1S/C33H51N3O5/c1-22(35-41-30(39)36(16-17-40-21-37)15-12-24-19-31(2,3)20-34-24)27-8-9-28-26-7-6-23-18-25(38)10-13-32(23,4)29(26)11-14-33(27,28)5/h18,21,24,26-29,34H,6-17,19-20H2,1-5H3/b35-22+/t24?,26-,27+,28-,29-,32-,33+/m0/s1. The maximum absolute atomic E-state index is 13.1. The summed E-state index contributed by atoms with van der Waals surface area (Å²) in [5, 5.41) is 7.99. The highest BCUT2D eigenvalue weighted by atomic mass is 16.7. The Hall–Kier alpha value is -2.22. The number of ether oxygens (including phenoxy) is 1. The van der Waals surface area contributed by atoms with E-state index in [1.807, 2.05) is 13.0 Å². The van der Waals surface area contributed by atoms with Gasteiger partial charge in [0, 0.05) is 31.5 Å². The van der Waals surface area contributed by atoms with Gasteiger partial charge in [-0.2, -0.15) is 0 Å². The summed E-state index contributed by atoms with van der Waals surface area (Å²) in [6.07, 6.45) is 11.9. The van der Waals surface area contributed by atoms with Crippen LogP contribution in [0.15, 0.2) is 16.8 Å². The lowest BCUT2D eigenvalue weighted by atomic mass is 9.46. The monoisotopic (exact) mass is 569 g/mol. The van der Waals surface area contributed by atoms with Crippen LogP contribution in [0, 0.1) is 39.9 Å². The highest BCUT2D eigenvalue weighted by Crippen LogP contribution is 2.66. The zero-order valence-electron chi connectivity index (χ0n) is 25.9. The molecule has 4 aliphatic carbocycles. The molecule has 41 heavy (non-hydrogen) atoms. The normalized spacial score (nSPS) is 37.9. The summed E-state index contributed by atoms with van der Waals surface area (Å²) >= 11 is 0. The molecular weight excluding hydrogens is 518 g/mol. The van der Waals surface area contributed by atoms with Crippen LogP contribution in [-0.4, -0.2) is 61.2 Å². The third kappa shape index (κ3) is 6.00. The molecule has 0 aromatic carbocycles. The number of oxime groups is 1. The van der Waals surface area contributed by atoms with Gasteiger partial charge < -0.3 is 15.0 Å².